The van der Waals surface area contributed by atoms with E-state index >= 15 is 0 Å². The van der Waals surface area contributed by atoms with Crippen LogP contribution in [0, 0.1) is 21.7 Å². The fourth-order valence-corrected chi connectivity index (χ4v) is 3.75. The third kappa shape index (κ3) is 6.13. The van der Waals surface area contributed by atoms with E-state index in [1.54, 1.807) is 20.8 Å². The quantitative estimate of drug-likeness (QED) is 0.150. The molecule has 0 spiro atoms. The lowest BCUT2D eigenvalue weighted by molar-refractivity contribution is -0.384. The van der Waals surface area contributed by atoms with Gasteiger partial charge in [-0.2, -0.15) is 0 Å². The molecule has 0 radical (unpaired) electrons. The summed E-state index contributed by atoms with van der Waals surface area (Å²) >= 11 is 7.61. The van der Waals surface area contributed by atoms with E-state index in [1.165, 1.54) is 30.5 Å². The number of benzene rings is 2. The van der Waals surface area contributed by atoms with Crippen molar-refractivity contribution < 1.29 is 18.3 Å². The maximum Gasteiger partial charge on any atom is 0.292 e. The Morgan fingerprint density at radius 1 is 1.33 bits per heavy atom. The van der Waals surface area contributed by atoms with E-state index in [0.29, 0.717) is 0 Å². The number of nitrogens with zero attached hydrogens (tertiary/aromatic N) is 2. The molecule has 2 aromatic rings. The summed E-state index contributed by atoms with van der Waals surface area (Å²) in [5.74, 6) is -2.19. The van der Waals surface area contributed by atoms with Crippen LogP contribution in [0.1, 0.15) is 38.8 Å². The van der Waals surface area contributed by atoms with E-state index in [9.17, 15) is 23.4 Å². The summed E-state index contributed by atoms with van der Waals surface area (Å²) in [4.78, 5) is 10.7. The predicted octanol–water partition coefficient (Wildman–Crippen LogP) is 6.37. The monoisotopic (exact) mass is 521 g/mol. The fraction of sp³-hybridized carbons (Fsp3) is 0.316. The zero-order valence-corrected chi connectivity index (χ0v) is 19.4. The molecule has 0 saturated heterocycles. The Morgan fingerprint density at radius 2 is 2.00 bits per heavy atom. The minimum absolute atomic E-state index is 0.0234. The highest BCUT2D eigenvalue weighted by Gasteiger charge is 2.27. The van der Waals surface area contributed by atoms with Crippen molar-refractivity contribution in [3.05, 3.63) is 67.1 Å². The third-order valence-electron chi connectivity index (χ3n) is 3.95. The van der Waals surface area contributed by atoms with E-state index in [0.717, 1.165) is 6.07 Å². The topological polar surface area (TPSA) is 90.6 Å². The molecular formula is C19H19BrClF2N3O3S. The number of nitro groups is 1. The molecule has 6 nitrogen and oxygen atoms in total. The lowest BCUT2D eigenvalue weighted by Gasteiger charge is -2.22. The molecule has 0 aliphatic rings. The van der Waals surface area contributed by atoms with Gasteiger partial charge in [0.1, 0.15) is 21.8 Å². The normalized spacial score (nSPS) is 14.0. The number of halogens is 4. The van der Waals surface area contributed by atoms with Gasteiger partial charge in [0.25, 0.3) is 5.69 Å². The lowest BCUT2D eigenvalue weighted by atomic mass is 10.0. The largest absolute Gasteiger partial charge is 0.591 e. The first-order valence-corrected chi connectivity index (χ1v) is 11.0. The molecule has 0 heterocycles. The first-order chi connectivity index (χ1) is 13.9. The van der Waals surface area contributed by atoms with Crippen LogP contribution in [0.4, 0.5) is 20.2 Å². The maximum atomic E-state index is 14.6. The van der Waals surface area contributed by atoms with Crippen LogP contribution in [0.25, 0.3) is 0 Å². The number of anilines is 1. The Morgan fingerprint density at radius 3 is 2.60 bits per heavy atom. The summed E-state index contributed by atoms with van der Waals surface area (Å²) in [5, 5.41) is 14.4. The molecule has 0 aliphatic heterocycles. The summed E-state index contributed by atoms with van der Waals surface area (Å²) in [6.07, 6.45) is 1.30. The van der Waals surface area contributed by atoms with Crippen molar-refractivity contribution >= 4 is 56.5 Å². The average molecular weight is 523 g/mol. The van der Waals surface area contributed by atoms with Crippen LogP contribution in [0.5, 0.6) is 0 Å². The van der Waals surface area contributed by atoms with E-state index in [2.05, 4.69) is 25.6 Å². The second kappa shape index (κ2) is 10.0. The molecule has 162 valence electrons. The Hall–Kier alpha value is -1.75. The highest BCUT2D eigenvalue weighted by Crippen LogP contribution is 2.36. The number of nitro benzene ring substituents is 1. The molecule has 0 aromatic heterocycles. The molecule has 0 amide bonds. The van der Waals surface area contributed by atoms with Crippen molar-refractivity contribution in [1.82, 2.24) is 0 Å². The zero-order valence-electron chi connectivity index (χ0n) is 16.3. The molecule has 2 rings (SSSR count). The van der Waals surface area contributed by atoms with E-state index in [-0.39, 0.29) is 32.9 Å². The average Bonchev–Trinajstić information content (AvgIpc) is 2.63. The van der Waals surface area contributed by atoms with Crippen LogP contribution < -0.4 is 5.32 Å². The summed E-state index contributed by atoms with van der Waals surface area (Å²) in [6.45, 7) is 5.23. The van der Waals surface area contributed by atoms with Gasteiger partial charge in [0, 0.05) is 27.5 Å². The van der Waals surface area contributed by atoms with Crippen LogP contribution in [-0.4, -0.2) is 20.4 Å². The van der Waals surface area contributed by atoms with Crippen LogP contribution in [0.3, 0.4) is 0 Å². The summed E-state index contributed by atoms with van der Waals surface area (Å²) in [7, 11) is 0. The van der Waals surface area contributed by atoms with Crippen molar-refractivity contribution in [2.24, 2.45) is 4.40 Å². The molecule has 2 aromatic carbocycles. The fourth-order valence-electron chi connectivity index (χ4n) is 2.46. The van der Waals surface area contributed by atoms with Crippen LogP contribution >= 0.6 is 27.5 Å². The molecule has 0 bridgehead atoms. The number of hydrogen-bond acceptors (Lipinski definition) is 5. The highest BCUT2D eigenvalue weighted by molar-refractivity contribution is 9.10. The molecular weight excluding hydrogens is 504 g/mol. The minimum atomic E-state index is -1.55. The summed E-state index contributed by atoms with van der Waals surface area (Å²) in [5.41, 5.74) is -0.344. The lowest BCUT2D eigenvalue weighted by Crippen LogP contribution is -2.26. The van der Waals surface area contributed by atoms with Crippen molar-refractivity contribution in [2.75, 3.05) is 5.32 Å². The Labute approximate surface area is 189 Å². The smallest absolute Gasteiger partial charge is 0.292 e. The van der Waals surface area contributed by atoms with Crippen LogP contribution in [0.2, 0.25) is 5.02 Å². The highest BCUT2D eigenvalue weighted by atomic mass is 79.9. The van der Waals surface area contributed by atoms with Crippen molar-refractivity contribution in [2.45, 2.75) is 38.0 Å². The van der Waals surface area contributed by atoms with Gasteiger partial charge < -0.3 is 9.87 Å². The van der Waals surface area contributed by atoms with Gasteiger partial charge in [-0.15, -0.1) is 0 Å². The van der Waals surface area contributed by atoms with Crippen molar-refractivity contribution in [1.29, 1.82) is 0 Å². The molecule has 0 saturated carbocycles. The molecule has 11 heteroatoms. The molecule has 0 aliphatic carbocycles. The van der Waals surface area contributed by atoms with Gasteiger partial charge in [-0.05, 0) is 45.0 Å². The van der Waals surface area contributed by atoms with Crippen molar-refractivity contribution in [3.8, 4) is 0 Å². The molecule has 30 heavy (non-hydrogen) atoms. The van der Waals surface area contributed by atoms with Gasteiger partial charge in [-0.3, -0.25) is 10.1 Å². The van der Waals surface area contributed by atoms with Gasteiger partial charge in [0.05, 0.1) is 17.2 Å². The first kappa shape index (κ1) is 24.5. The molecule has 0 unspecified atom stereocenters. The standard InChI is InChI=1S/C19H19BrClF2N3O3S/c1-19(2,3)30(29)24-9-8-14(17-12(20)5-6-13(22)18(17)23)25-15-10-11(21)4-7-16(15)26(27)28/h4-7,9-10,14,25H,8H2,1-3H3/b24-9+/t14-,30-/m1/s1. The van der Waals surface area contributed by atoms with E-state index in [1.807, 2.05) is 0 Å². The second-order valence-corrected chi connectivity index (χ2v) is 10.5. The van der Waals surface area contributed by atoms with Gasteiger partial charge in [-0.1, -0.05) is 31.9 Å². The zero-order chi connectivity index (χ0) is 22.6. The Kier molecular flexibility index (Phi) is 8.20. The minimum Gasteiger partial charge on any atom is -0.591 e. The number of hydrogen-bond donors (Lipinski definition) is 1. The van der Waals surface area contributed by atoms with Gasteiger partial charge in [0.15, 0.2) is 11.6 Å². The number of nitrogens with one attached hydrogen (secondary N) is 1. The Bertz CT molecular complexity index is 973. The van der Waals surface area contributed by atoms with Crippen LogP contribution in [0.15, 0.2) is 39.2 Å². The third-order valence-corrected chi connectivity index (χ3v) is 6.26. The number of rotatable bonds is 7. The van der Waals surface area contributed by atoms with Gasteiger partial charge in [-0.25, -0.2) is 8.78 Å². The summed E-state index contributed by atoms with van der Waals surface area (Å²) in [6, 6.07) is 5.22. The maximum absolute atomic E-state index is 14.6. The van der Waals surface area contributed by atoms with Crippen molar-refractivity contribution in [3.63, 3.8) is 0 Å². The Balaban J connectivity index is 2.48. The van der Waals surface area contributed by atoms with Gasteiger partial charge >= 0.3 is 0 Å². The van der Waals surface area contributed by atoms with Crippen LogP contribution in [-0.2, 0) is 11.4 Å². The van der Waals surface area contributed by atoms with E-state index < -0.39 is 38.7 Å². The van der Waals surface area contributed by atoms with Gasteiger partial charge in [0.2, 0.25) is 0 Å². The molecule has 2 atom stereocenters. The molecule has 0 fully saturated rings. The second-order valence-electron chi connectivity index (χ2n) is 7.26. The predicted molar refractivity (Wildman–Crippen MR) is 120 cm³/mol. The van der Waals surface area contributed by atoms with E-state index in [4.69, 9.17) is 11.6 Å². The summed E-state index contributed by atoms with van der Waals surface area (Å²) < 4.78 is 44.3. The molecule has 1 N–H and O–H groups in total. The SMILES string of the molecule is CC(C)(C)[S@@+]([O-])/N=C/C[C@@H](Nc1cc(Cl)ccc1[N+](=O)[O-])c1c(Br)ccc(F)c1F. The first-order valence-electron chi connectivity index (χ1n) is 8.70.